The fourth-order valence-corrected chi connectivity index (χ4v) is 2.65. The Balaban J connectivity index is 1.96. The summed E-state index contributed by atoms with van der Waals surface area (Å²) in [6.07, 6.45) is 2.90. The minimum absolute atomic E-state index is 0.0929. The van der Waals surface area contributed by atoms with Crippen molar-refractivity contribution in [2.24, 2.45) is 11.7 Å². The summed E-state index contributed by atoms with van der Waals surface area (Å²) in [6, 6.07) is 7.78. The van der Waals surface area contributed by atoms with Gasteiger partial charge in [-0.1, -0.05) is 12.1 Å². The third-order valence-electron chi connectivity index (χ3n) is 3.83. The number of ether oxygens (including phenoxy) is 1. The molecule has 1 aromatic rings. The van der Waals surface area contributed by atoms with Crippen molar-refractivity contribution in [2.45, 2.75) is 19.3 Å². The topological polar surface area (TPSA) is 55.6 Å². The Morgan fingerprint density at radius 1 is 1.40 bits per heavy atom. The minimum Gasteiger partial charge on any atom is -0.381 e. The second-order valence-corrected chi connectivity index (χ2v) is 5.48. The molecule has 2 N–H and O–H groups in total. The molecule has 4 heteroatoms. The fraction of sp³-hybridized carbons (Fsp3) is 0.562. The lowest BCUT2D eigenvalue weighted by Crippen LogP contribution is -2.34. The molecule has 110 valence electrons. The Hall–Kier alpha value is -1.39. The van der Waals surface area contributed by atoms with Gasteiger partial charge in [-0.3, -0.25) is 4.79 Å². The van der Waals surface area contributed by atoms with Crippen molar-refractivity contribution in [3.8, 4) is 0 Å². The number of benzene rings is 1. The summed E-state index contributed by atoms with van der Waals surface area (Å²) in [5, 5.41) is 0. The summed E-state index contributed by atoms with van der Waals surface area (Å²) < 4.78 is 5.35. The molecule has 1 amide bonds. The van der Waals surface area contributed by atoms with Crippen molar-refractivity contribution in [3.05, 3.63) is 35.4 Å². The van der Waals surface area contributed by atoms with Crippen LogP contribution in [0.2, 0.25) is 0 Å². The van der Waals surface area contributed by atoms with Gasteiger partial charge in [-0.05, 0) is 49.4 Å². The molecule has 0 atom stereocenters. The van der Waals surface area contributed by atoms with Gasteiger partial charge in [-0.2, -0.15) is 0 Å². The van der Waals surface area contributed by atoms with Crippen LogP contribution in [0.25, 0.3) is 0 Å². The van der Waals surface area contributed by atoms with E-state index in [2.05, 4.69) is 0 Å². The normalized spacial score (nSPS) is 16.1. The van der Waals surface area contributed by atoms with Crippen LogP contribution in [0, 0.1) is 5.92 Å². The third kappa shape index (κ3) is 4.05. The number of carbonyl (C=O) groups excluding carboxylic acids is 1. The maximum atomic E-state index is 12.4. The van der Waals surface area contributed by atoms with Crippen molar-refractivity contribution in [1.29, 1.82) is 0 Å². The average Bonchev–Trinajstić information content (AvgIpc) is 2.48. The van der Waals surface area contributed by atoms with E-state index in [-0.39, 0.29) is 5.91 Å². The van der Waals surface area contributed by atoms with Gasteiger partial charge in [0.25, 0.3) is 5.91 Å². The van der Waals surface area contributed by atoms with Crippen LogP contribution in [0.5, 0.6) is 0 Å². The Morgan fingerprint density at radius 3 is 2.85 bits per heavy atom. The molecule has 1 saturated heterocycles. The second-order valence-electron chi connectivity index (χ2n) is 5.48. The largest absolute Gasteiger partial charge is 0.381 e. The summed E-state index contributed by atoms with van der Waals surface area (Å²) in [4.78, 5) is 14.3. The highest BCUT2D eigenvalue weighted by Crippen LogP contribution is 2.17. The summed E-state index contributed by atoms with van der Waals surface area (Å²) in [5.41, 5.74) is 7.44. The lowest BCUT2D eigenvalue weighted by atomic mass is 9.99. The van der Waals surface area contributed by atoms with E-state index in [9.17, 15) is 4.79 Å². The van der Waals surface area contributed by atoms with Gasteiger partial charge in [0.15, 0.2) is 0 Å². The van der Waals surface area contributed by atoms with E-state index >= 15 is 0 Å². The number of carbonyl (C=O) groups is 1. The summed E-state index contributed by atoms with van der Waals surface area (Å²) in [7, 11) is 1.88. The van der Waals surface area contributed by atoms with Gasteiger partial charge in [0.2, 0.25) is 0 Å². The van der Waals surface area contributed by atoms with Gasteiger partial charge in [-0.15, -0.1) is 0 Å². The fourth-order valence-electron chi connectivity index (χ4n) is 2.65. The van der Waals surface area contributed by atoms with Gasteiger partial charge in [0.05, 0.1) is 0 Å². The van der Waals surface area contributed by atoms with E-state index in [0.717, 1.165) is 50.1 Å². The SMILES string of the molecule is CN(CC1CCOCC1)C(=O)c1cccc(CCN)c1. The van der Waals surface area contributed by atoms with Crippen LogP contribution in [0.1, 0.15) is 28.8 Å². The van der Waals surface area contributed by atoms with Crippen LogP contribution in [0.3, 0.4) is 0 Å². The first-order chi connectivity index (χ1) is 9.70. The molecule has 0 aromatic heterocycles. The van der Waals surface area contributed by atoms with Gasteiger partial charge in [0, 0.05) is 32.4 Å². The van der Waals surface area contributed by atoms with Crippen molar-refractivity contribution in [2.75, 3.05) is 33.4 Å². The molecule has 1 aliphatic rings. The van der Waals surface area contributed by atoms with Crippen molar-refractivity contribution in [1.82, 2.24) is 4.90 Å². The van der Waals surface area contributed by atoms with Crippen LogP contribution in [-0.2, 0) is 11.2 Å². The van der Waals surface area contributed by atoms with Gasteiger partial charge >= 0.3 is 0 Å². The molecule has 0 spiro atoms. The van der Waals surface area contributed by atoms with E-state index in [4.69, 9.17) is 10.5 Å². The van der Waals surface area contributed by atoms with E-state index in [1.165, 1.54) is 0 Å². The number of rotatable bonds is 5. The molecule has 4 nitrogen and oxygen atoms in total. The zero-order chi connectivity index (χ0) is 14.4. The molecular weight excluding hydrogens is 252 g/mol. The Bertz CT molecular complexity index is 442. The van der Waals surface area contributed by atoms with E-state index in [1.807, 2.05) is 36.2 Å². The molecule has 1 fully saturated rings. The Morgan fingerprint density at radius 2 is 2.15 bits per heavy atom. The van der Waals surface area contributed by atoms with Gasteiger partial charge < -0.3 is 15.4 Å². The highest BCUT2D eigenvalue weighted by molar-refractivity contribution is 5.94. The standard InChI is InChI=1S/C16H24N2O2/c1-18(12-14-6-9-20-10-7-14)16(19)15-4-2-3-13(11-15)5-8-17/h2-4,11,14H,5-10,12,17H2,1H3. The summed E-state index contributed by atoms with van der Waals surface area (Å²) in [6.45, 7) is 3.05. The zero-order valence-corrected chi connectivity index (χ0v) is 12.2. The number of nitrogens with two attached hydrogens (primary N) is 1. The summed E-state index contributed by atoms with van der Waals surface area (Å²) in [5.74, 6) is 0.653. The quantitative estimate of drug-likeness (QED) is 0.890. The predicted octanol–water partition coefficient (Wildman–Crippen LogP) is 1.69. The Kier molecular flexibility index (Phi) is 5.56. The van der Waals surface area contributed by atoms with Crippen LogP contribution in [-0.4, -0.2) is 44.2 Å². The van der Waals surface area contributed by atoms with Gasteiger partial charge in [0.1, 0.15) is 0 Å². The lowest BCUT2D eigenvalue weighted by Gasteiger charge is -2.27. The monoisotopic (exact) mass is 276 g/mol. The molecule has 0 saturated carbocycles. The molecule has 2 rings (SSSR count). The maximum Gasteiger partial charge on any atom is 0.253 e. The predicted molar refractivity (Wildman–Crippen MR) is 79.7 cm³/mol. The first-order valence-corrected chi connectivity index (χ1v) is 7.33. The first-order valence-electron chi connectivity index (χ1n) is 7.33. The maximum absolute atomic E-state index is 12.4. The number of hydrogen-bond acceptors (Lipinski definition) is 3. The zero-order valence-electron chi connectivity index (χ0n) is 12.2. The molecule has 20 heavy (non-hydrogen) atoms. The van der Waals surface area contributed by atoms with Crippen LogP contribution < -0.4 is 5.73 Å². The molecule has 0 radical (unpaired) electrons. The molecule has 0 unspecified atom stereocenters. The van der Waals surface area contributed by atoms with Crippen LogP contribution in [0.4, 0.5) is 0 Å². The minimum atomic E-state index is 0.0929. The number of amides is 1. The molecule has 1 aromatic carbocycles. The molecule has 1 heterocycles. The first kappa shape index (κ1) is 15.0. The van der Waals surface area contributed by atoms with Crippen molar-refractivity contribution < 1.29 is 9.53 Å². The molecule has 0 aliphatic carbocycles. The van der Waals surface area contributed by atoms with Crippen LogP contribution >= 0.6 is 0 Å². The lowest BCUT2D eigenvalue weighted by molar-refractivity contribution is 0.0497. The molecule has 0 bridgehead atoms. The number of hydrogen-bond donors (Lipinski definition) is 1. The average molecular weight is 276 g/mol. The molecule has 1 aliphatic heterocycles. The van der Waals surface area contributed by atoms with E-state index in [0.29, 0.717) is 12.5 Å². The Labute approximate surface area is 120 Å². The summed E-state index contributed by atoms with van der Waals surface area (Å²) >= 11 is 0. The smallest absolute Gasteiger partial charge is 0.253 e. The molecular formula is C16H24N2O2. The van der Waals surface area contributed by atoms with Crippen molar-refractivity contribution in [3.63, 3.8) is 0 Å². The number of nitrogens with zero attached hydrogens (tertiary/aromatic N) is 1. The van der Waals surface area contributed by atoms with Gasteiger partial charge in [-0.25, -0.2) is 0 Å². The van der Waals surface area contributed by atoms with E-state index < -0.39 is 0 Å². The van der Waals surface area contributed by atoms with Crippen LogP contribution in [0.15, 0.2) is 24.3 Å². The second kappa shape index (κ2) is 7.41. The van der Waals surface area contributed by atoms with Crippen molar-refractivity contribution >= 4 is 5.91 Å². The third-order valence-corrected chi connectivity index (χ3v) is 3.83. The highest BCUT2D eigenvalue weighted by atomic mass is 16.5. The highest BCUT2D eigenvalue weighted by Gasteiger charge is 2.19. The van der Waals surface area contributed by atoms with E-state index in [1.54, 1.807) is 0 Å².